The highest BCUT2D eigenvalue weighted by Gasteiger charge is 2.17. The van der Waals surface area contributed by atoms with Gasteiger partial charge in [0.2, 0.25) is 0 Å². The van der Waals surface area contributed by atoms with E-state index in [1.807, 2.05) is 20.8 Å². The van der Waals surface area contributed by atoms with Gasteiger partial charge in [0.25, 0.3) is 0 Å². The first-order valence-electron chi connectivity index (χ1n) is 3.67. The van der Waals surface area contributed by atoms with Gasteiger partial charge in [0, 0.05) is 10.8 Å². The zero-order valence-corrected chi connectivity index (χ0v) is 8.20. The predicted molar refractivity (Wildman–Crippen MR) is 48.3 cm³/mol. The Balaban J connectivity index is 2.63. The Labute approximate surface area is 76.2 Å². The van der Waals surface area contributed by atoms with Crippen molar-refractivity contribution in [3.63, 3.8) is 0 Å². The molecule has 0 bridgehead atoms. The van der Waals surface area contributed by atoms with E-state index in [0.29, 0.717) is 5.56 Å². The fourth-order valence-corrected chi connectivity index (χ4v) is 1.23. The number of rotatable bonds is 1. The highest BCUT2D eigenvalue weighted by atomic mass is 32.1. The lowest BCUT2D eigenvalue weighted by molar-refractivity contribution is 0.00702. The van der Waals surface area contributed by atoms with Crippen LogP contribution in [-0.4, -0.2) is 11.6 Å². The molecule has 65 valence electrons. The average Bonchev–Trinajstić information content (AvgIpc) is 2.32. The number of esters is 1. The molecule has 0 spiro atoms. The summed E-state index contributed by atoms with van der Waals surface area (Å²) in [6.45, 7) is 5.54. The van der Waals surface area contributed by atoms with Crippen LogP contribution in [0, 0.1) is 5.38 Å². The largest absolute Gasteiger partial charge is 0.456 e. The van der Waals surface area contributed by atoms with Gasteiger partial charge in [-0.05, 0) is 26.8 Å². The SMILES string of the molecule is CC(C)(C)OC(=O)c1c[c]sc1. The van der Waals surface area contributed by atoms with E-state index < -0.39 is 5.60 Å². The molecule has 1 rings (SSSR count). The van der Waals surface area contributed by atoms with Crippen molar-refractivity contribution in [1.82, 2.24) is 0 Å². The van der Waals surface area contributed by atoms with Crippen molar-refractivity contribution in [3.05, 3.63) is 22.4 Å². The summed E-state index contributed by atoms with van der Waals surface area (Å²) in [5.74, 6) is -0.278. The Hall–Kier alpha value is -0.830. The molecule has 0 saturated carbocycles. The summed E-state index contributed by atoms with van der Waals surface area (Å²) < 4.78 is 5.13. The number of ether oxygens (including phenoxy) is 1. The van der Waals surface area contributed by atoms with Crippen LogP contribution in [0.5, 0.6) is 0 Å². The van der Waals surface area contributed by atoms with Crippen LogP contribution in [0.2, 0.25) is 0 Å². The molecule has 0 aliphatic carbocycles. The summed E-state index contributed by atoms with van der Waals surface area (Å²) in [7, 11) is 0. The molecule has 0 atom stereocenters. The summed E-state index contributed by atoms with van der Waals surface area (Å²) in [5, 5.41) is 4.57. The predicted octanol–water partition coefficient (Wildman–Crippen LogP) is 2.50. The van der Waals surface area contributed by atoms with Crippen molar-refractivity contribution in [2.45, 2.75) is 26.4 Å². The van der Waals surface area contributed by atoms with E-state index in [-0.39, 0.29) is 5.97 Å². The number of carbonyl (C=O) groups is 1. The number of hydrogen-bond acceptors (Lipinski definition) is 3. The van der Waals surface area contributed by atoms with E-state index >= 15 is 0 Å². The maximum atomic E-state index is 11.3. The van der Waals surface area contributed by atoms with E-state index in [4.69, 9.17) is 4.74 Å². The highest BCUT2D eigenvalue weighted by molar-refractivity contribution is 7.07. The summed E-state index contributed by atoms with van der Waals surface area (Å²) in [4.78, 5) is 11.3. The van der Waals surface area contributed by atoms with Gasteiger partial charge in [-0.2, -0.15) is 0 Å². The van der Waals surface area contributed by atoms with E-state index in [9.17, 15) is 4.79 Å². The Morgan fingerprint density at radius 1 is 1.58 bits per heavy atom. The van der Waals surface area contributed by atoms with Gasteiger partial charge in [0.1, 0.15) is 5.60 Å². The standard InChI is InChI=1S/C9H11O2S/c1-9(2,3)11-8(10)7-4-5-12-6-7/h4,6H,1-3H3. The summed E-state index contributed by atoms with van der Waals surface area (Å²) in [6, 6.07) is 1.64. The van der Waals surface area contributed by atoms with Crippen LogP contribution in [-0.2, 0) is 4.74 Å². The summed E-state index contributed by atoms with van der Waals surface area (Å²) in [5.41, 5.74) is 0.161. The Bertz CT molecular complexity index is 257. The van der Waals surface area contributed by atoms with Gasteiger partial charge in [0.05, 0.1) is 5.56 Å². The van der Waals surface area contributed by atoms with Gasteiger partial charge in [-0.25, -0.2) is 4.79 Å². The van der Waals surface area contributed by atoms with Crippen molar-refractivity contribution < 1.29 is 9.53 Å². The third-order valence-corrected chi connectivity index (χ3v) is 1.73. The normalized spacial score (nSPS) is 11.2. The van der Waals surface area contributed by atoms with E-state index in [1.165, 1.54) is 11.3 Å². The van der Waals surface area contributed by atoms with Crippen LogP contribution in [0.15, 0.2) is 11.4 Å². The molecule has 0 N–H and O–H groups in total. The van der Waals surface area contributed by atoms with Gasteiger partial charge < -0.3 is 4.74 Å². The molecule has 3 heteroatoms. The third-order valence-electron chi connectivity index (χ3n) is 1.10. The van der Waals surface area contributed by atoms with Gasteiger partial charge in [0.15, 0.2) is 0 Å². The lowest BCUT2D eigenvalue weighted by Crippen LogP contribution is -2.23. The molecule has 1 heterocycles. The Morgan fingerprint density at radius 3 is 2.67 bits per heavy atom. The van der Waals surface area contributed by atoms with Gasteiger partial charge >= 0.3 is 5.97 Å². The zero-order valence-electron chi connectivity index (χ0n) is 7.38. The lowest BCUT2D eigenvalue weighted by Gasteiger charge is -2.18. The second-order valence-corrected chi connectivity index (χ2v) is 4.16. The average molecular weight is 183 g/mol. The molecular formula is C9H11O2S. The molecule has 0 fully saturated rings. The quantitative estimate of drug-likeness (QED) is 0.625. The van der Waals surface area contributed by atoms with Gasteiger partial charge in [-0.1, -0.05) is 0 Å². The third kappa shape index (κ3) is 2.66. The van der Waals surface area contributed by atoms with E-state index in [1.54, 1.807) is 11.4 Å². The van der Waals surface area contributed by atoms with Crippen LogP contribution in [0.1, 0.15) is 31.1 Å². The zero-order chi connectivity index (χ0) is 9.19. The van der Waals surface area contributed by atoms with Crippen molar-refractivity contribution in [1.29, 1.82) is 0 Å². The minimum Gasteiger partial charge on any atom is -0.456 e. The fraction of sp³-hybridized carbons (Fsp3) is 0.444. The first-order chi connectivity index (χ1) is 5.49. The highest BCUT2D eigenvalue weighted by Crippen LogP contribution is 2.13. The first kappa shape index (κ1) is 9.26. The second-order valence-electron chi connectivity index (χ2n) is 3.46. The van der Waals surface area contributed by atoms with Crippen LogP contribution in [0.3, 0.4) is 0 Å². The smallest absolute Gasteiger partial charge is 0.339 e. The van der Waals surface area contributed by atoms with Crippen LogP contribution >= 0.6 is 11.3 Å². The molecule has 0 aliphatic heterocycles. The molecule has 1 aromatic heterocycles. The molecule has 0 unspecified atom stereocenters. The molecule has 12 heavy (non-hydrogen) atoms. The summed E-state index contributed by atoms with van der Waals surface area (Å²) >= 11 is 1.37. The maximum absolute atomic E-state index is 11.3. The minimum atomic E-state index is -0.418. The topological polar surface area (TPSA) is 26.3 Å². The van der Waals surface area contributed by atoms with Crippen molar-refractivity contribution in [3.8, 4) is 0 Å². The van der Waals surface area contributed by atoms with Gasteiger partial charge in [-0.3, -0.25) is 0 Å². The van der Waals surface area contributed by atoms with E-state index in [2.05, 4.69) is 5.38 Å². The van der Waals surface area contributed by atoms with Crippen molar-refractivity contribution >= 4 is 17.3 Å². The van der Waals surface area contributed by atoms with E-state index in [0.717, 1.165) is 0 Å². The van der Waals surface area contributed by atoms with Gasteiger partial charge in [-0.15, -0.1) is 11.3 Å². The molecule has 2 nitrogen and oxygen atoms in total. The lowest BCUT2D eigenvalue weighted by atomic mass is 10.2. The minimum absolute atomic E-state index is 0.278. The Morgan fingerprint density at radius 2 is 2.25 bits per heavy atom. The van der Waals surface area contributed by atoms with Crippen molar-refractivity contribution in [2.24, 2.45) is 0 Å². The van der Waals surface area contributed by atoms with Crippen molar-refractivity contribution in [2.75, 3.05) is 0 Å². The molecule has 0 aromatic carbocycles. The maximum Gasteiger partial charge on any atom is 0.339 e. The molecule has 1 aromatic rings. The number of hydrogen-bond donors (Lipinski definition) is 0. The molecular weight excluding hydrogens is 172 g/mol. The van der Waals surface area contributed by atoms with Crippen LogP contribution in [0.25, 0.3) is 0 Å². The first-order valence-corrected chi connectivity index (χ1v) is 4.55. The molecule has 1 radical (unpaired) electrons. The number of thiophene rings is 1. The molecule has 0 aliphatic rings. The Kier molecular flexibility index (Phi) is 2.52. The second kappa shape index (κ2) is 3.27. The molecule has 0 saturated heterocycles. The van der Waals surface area contributed by atoms with Crippen LogP contribution in [0.4, 0.5) is 0 Å². The monoisotopic (exact) mass is 183 g/mol. The summed E-state index contributed by atoms with van der Waals surface area (Å²) in [6.07, 6.45) is 0. The number of carbonyl (C=O) groups excluding carboxylic acids is 1. The fourth-order valence-electron chi connectivity index (χ4n) is 0.673. The molecule has 0 amide bonds. The van der Waals surface area contributed by atoms with Crippen LogP contribution < -0.4 is 0 Å².